The van der Waals surface area contributed by atoms with E-state index in [0.717, 1.165) is 52.9 Å². The third-order valence-electron chi connectivity index (χ3n) is 5.64. The summed E-state index contributed by atoms with van der Waals surface area (Å²) in [4.78, 5) is 16.5. The second-order valence-corrected chi connectivity index (χ2v) is 8.24. The molecule has 1 aliphatic rings. The van der Waals surface area contributed by atoms with Crippen molar-refractivity contribution in [3.8, 4) is 0 Å². The van der Waals surface area contributed by atoms with E-state index >= 15 is 0 Å². The summed E-state index contributed by atoms with van der Waals surface area (Å²) in [5.74, 6) is 6.76. The van der Waals surface area contributed by atoms with E-state index in [1.807, 2.05) is 54.9 Å². The second kappa shape index (κ2) is 7.41. The predicted molar refractivity (Wildman–Crippen MR) is 113 cm³/mol. The Kier molecular flexibility index (Phi) is 4.98. The molecule has 140 valence electrons. The fraction of sp³-hybridized carbons (Fsp3) is 0.318. The zero-order valence-electron chi connectivity index (χ0n) is 15.8. The maximum absolute atomic E-state index is 13.0. The largest absolute Gasteiger partial charge is 0.339 e. The van der Waals surface area contributed by atoms with Gasteiger partial charge in [0.05, 0.1) is 5.52 Å². The van der Waals surface area contributed by atoms with Gasteiger partial charge in [-0.3, -0.25) is 9.47 Å². The quantitative estimate of drug-likeness (QED) is 0.421. The zero-order chi connectivity index (χ0) is 19.0. The Balaban J connectivity index is 1.70. The van der Waals surface area contributed by atoms with E-state index in [0.29, 0.717) is 5.92 Å². The second-order valence-electron chi connectivity index (χ2n) is 7.36. The Morgan fingerprint density at radius 1 is 1.07 bits per heavy atom. The summed E-state index contributed by atoms with van der Waals surface area (Å²) in [6.45, 7) is 2.20. The van der Waals surface area contributed by atoms with E-state index in [-0.39, 0.29) is 5.78 Å². The van der Waals surface area contributed by atoms with Crippen molar-refractivity contribution < 1.29 is 4.79 Å². The summed E-state index contributed by atoms with van der Waals surface area (Å²) in [7, 11) is 2.17. The monoisotopic (exact) mass is 379 g/mol. The molecule has 2 aromatic carbocycles. The van der Waals surface area contributed by atoms with Crippen LogP contribution in [0.2, 0.25) is 0 Å². The highest BCUT2D eigenvalue weighted by Crippen LogP contribution is 2.34. The predicted octanol–water partition coefficient (Wildman–Crippen LogP) is 4.12. The number of benzene rings is 2. The molecule has 1 aromatic heterocycles. The fourth-order valence-electron chi connectivity index (χ4n) is 3.98. The number of rotatable bonds is 4. The highest BCUT2D eigenvalue weighted by molar-refractivity contribution is 7.98. The zero-order valence-corrected chi connectivity index (χ0v) is 16.6. The average molecular weight is 380 g/mol. The van der Waals surface area contributed by atoms with Crippen molar-refractivity contribution in [2.24, 2.45) is 0 Å². The van der Waals surface area contributed by atoms with Gasteiger partial charge in [0.1, 0.15) is 0 Å². The molecular formula is C22H25N3OS. The van der Waals surface area contributed by atoms with E-state index in [2.05, 4.69) is 11.9 Å². The van der Waals surface area contributed by atoms with E-state index in [1.165, 1.54) is 5.56 Å². The SMILES string of the molecule is CSc1ccc(C(=O)c2ccc3c(c2)c(C2CCN(C)CC2)cn3N)cc1. The van der Waals surface area contributed by atoms with Crippen LogP contribution in [0.1, 0.15) is 40.2 Å². The number of carbonyl (C=O) groups is 1. The van der Waals surface area contributed by atoms with Gasteiger partial charge in [0, 0.05) is 27.6 Å². The van der Waals surface area contributed by atoms with Gasteiger partial charge in [-0.2, -0.15) is 0 Å². The standard InChI is InChI=1S/C22H25N3OS/c1-24-11-9-15(10-12-24)20-14-25(23)21-8-5-17(13-19(20)21)22(26)16-3-6-18(27-2)7-4-16/h3-8,13-15H,9-12,23H2,1-2H3. The number of hydrogen-bond acceptors (Lipinski definition) is 4. The number of nitrogen functional groups attached to an aromatic ring is 1. The van der Waals surface area contributed by atoms with Crippen LogP contribution >= 0.6 is 11.8 Å². The summed E-state index contributed by atoms with van der Waals surface area (Å²) in [6, 6.07) is 13.7. The maximum Gasteiger partial charge on any atom is 0.193 e. The first-order valence-electron chi connectivity index (χ1n) is 9.34. The molecule has 27 heavy (non-hydrogen) atoms. The van der Waals surface area contributed by atoms with E-state index < -0.39 is 0 Å². The van der Waals surface area contributed by atoms with Crippen LogP contribution in [0.25, 0.3) is 10.9 Å². The van der Waals surface area contributed by atoms with Crippen molar-refractivity contribution in [2.45, 2.75) is 23.7 Å². The molecule has 0 unspecified atom stereocenters. The number of ketones is 1. The van der Waals surface area contributed by atoms with Gasteiger partial charge < -0.3 is 10.7 Å². The lowest BCUT2D eigenvalue weighted by molar-refractivity contribution is 0.103. The molecule has 0 atom stereocenters. The van der Waals surface area contributed by atoms with E-state index in [9.17, 15) is 4.79 Å². The number of nitrogens with two attached hydrogens (primary N) is 1. The summed E-state index contributed by atoms with van der Waals surface area (Å²) >= 11 is 1.68. The van der Waals surface area contributed by atoms with Crippen molar-refractivity contribution in [3.63, 3.8) is 0 Å². The molecule has 4 rings (SSSR count). The van der Waals surface area contributed by atoms with E-state index in [1.54, 1.807) is 16.4 Å². The number of piperidine rings is 1. The molecule has 0 amide bonds. The Hall–Kier alpha value is -2.24. The summed E-state index contributed by atoms with van der Waals surface area (Å²) in [5.41, 5.74) is 3.70. The highest BCUT2D eigenvalue weighted by Gasteiger charge is 2.23. The van der Waals surface area contributed by atoms with Crippen molar-refractivity contribution in [2.75, 3.05) is 32.2 Å². The minimum atomic E-state index is 0.0589. The summed E-state index contributed by atoms with van der Waals surface area (Å²) < 4.78 is 1.70. The summed E-state index contributed by atoms with van der Waals surface area (Å²) in [5, 5.41) is 1.11. The molecule has 2 N–H and O–H groups in total. The molecule has 5 heteroatoms. The molecule has 0 saturated carbocycles. The molecule has 3 aromatic rings. The van der Waals surface area contributed by atoms with Crippen LogP contribution in [0.4, 0.5) is 0 Å². The molecule has 2 heterocycles. The number of carbonyl (C=O) groups excluding carboxylic acids is 1. The van der Waals surface area contributed by atoms with Crippen LogP contribution in [-0.4, -0.2) is 41.8 Å². The number of nitrogens with zero attached hydrogens (tertiary/aromatic N) is 2. The number of hydrogen-bond donors (Lipinski definition) is 1. The van der Waals surface area contributed by atoms with Gasteiger partial charge in [0.2, 0.25) is 0 Å². The molecule has 4 nitrogen and oxygen atoms in total. The lowest BCUT2D eigenvalue weighted by Gasteiger charge is -2.28. The van der Waals surface area contributed by atoms with Crippen LogP contribution in [0.15, 0.2) is 53.6 Å². The molecule has 0 aliphatic carbocycles. The third kappa shape index (κ3) is 3.49. The highest BCUT2D eigenvalue weighted by atomic mass is 32.2. The number of aromatic nitrogens is 1. The van der Waals surface area contributed by atoms with Crippen molar-refractivity contribution in [1.29, 1.82) is 0 Å². The Labute approximate surface area is 164 Å². The Morgan fingerprint density at radius 3 is 2.41 bits per heavy atom. The minimum Gasteiger partial charge on any atom is -0.339 e. The normalized spacial score (nSPS) is 16.1. The van der Waals surface area contributed by atoms with Crippen LogP contribution in [0.3, 0.4) is 0 Å². The molecular weight excluding hydrogens is 354 g/mol. The maximum atomic E-state index is 13.0. The molecule has 1 aliphatic heterocycles. The molecule has 0 spiro atoms. The van der Waals surface area contributed by atoms with Gasteiger partial charge in [-0.05, 0) is 93.2 Å². The first-order valence-corrected chi connectivity index (χ1v) is 10.6. The molecule has 1 fully saturated rings. The van der Waals surface area contributed by atoms with Gasteiger partial charge in [-0.1, -0.05) is 0 Å². The Bertz CT molecular complexity index is 969. The van der Waals surface area contributed by atoms with Gasteiger partial charge in [-0.25, -0.2) is 0 Å². The third-order valence-corrected chi connectivity index (χ3v) is 6.38. The lowest BCUT2D eigenvalue weighted by Crippen LogP contribution is -2.29. The van der Waals surface area contributed by atoms with Crippen LogP contribution < -0.4 is 5.84 Å². The van der Waals surface area contributed by atoms with Crippen LogP contribution in [-0.2, 0) is 0 Å². The van der Waals surface area contributed by atoms with E-state index in [4.69, 9.17) is 5.84 Å². The van der Waals surface area contributed by atoms with Crippen molar-refractivity contribution in [3.05, 3.63) is 65.4 Å². The van der Waals surface area contributed by atoms with Crippen LogP contribution in [0, 0.1) is 0 Å². The average Bonchev–Trinajstić information content (AvgIpc) is 3.04. The topological polar surface area (TPSA) is 51.3 Å². The van der Waals surface area contributed by atoms with Crippen molar-refractivity contribution >= 4 is 28.4 Å². The lowest BCUT2D eigenvalue weighted by atomic mass is 9.88. The Morgan fingerprint density at radius 2 is 1.74 bits per heavy atom. The number of thioether (sulfide) groups is 1. The molecule has 0 radical (unpaired) electrons. The molecule has 0 bridgehead atoms. The summed E-state index contributed by atoms with van der Waals surface area (Å²) in [6.07, 6.45) is 6.34. The van der Waals surface area contributed by atoms with Gasteiger partial charge >= 0.3 is 0 Å². The van der Waals surface area contributed by atoms with Crippen molar-refractivity contribution in [1.82, 2.24) is 9.58 Å². The minimum absolute atomic E-state index is 0.0589. The van der Waals surface area contributed by atoms with Gasteiger partial charge in [0.15, 0.2) is 5.78 Å². The number of likely N-dealkylation sites (tertiary alicyclic amines) is 1. The van der Waals surface area contributed by atoms with Crippen LogP contribution in [0.5, 0.6) is 0 Å². The first-order chi connectivity index (χ1) is 13.1. The van der Waals surface area contributed by atoms with Gasteiger partial charge in [0.25, 0.3) is 0 Å². The number of fused-ring (bicyclic) bond motifs is 1. The fourth-order valence-corrected chi connectivity index (χ4v) is 4.38. The molecule has 1 saturated heterocycles. The smallest absolute Gasteiger partial charge is 0.193 e. The van der Waals surface area contributed by atoms with Gasteiger partial charge in [-0.15, -0.1) is 11.8 Å². The first kappa shape index (κ1) is 18.1.